The summed E-state index contributed by atoms with van der Waals surface area (Å²) in [5.41, 5.74) is 12.1. The molecular formula is C12H17N3O2. The number of benzene rings is 1. The van der Waals surface area contributed by atoms with Gasteiger partial charge in [0.2, 0.25) is 5.91 Å². The quantitative estimate of drug-likeness (QED) is 0.665. The second-order valence-electron chi connectivity index (χ2n) is 4.21. The Hall–Kier alpha value is -1.88. The molecule has 17 heavy (non-hydrogen) atoms. The van der Waals surface area contributed by atoms with Crippen LogP contribution in [-0.2, 0) is 4.79 Å². The Morgan fingerprint density at radius 1 is 1.18 bits per heavy atom. The third kappa shape index (κ3) is 3.57. The number of carbonyl (C=O) groups excluding carboxylic acids is 2. The average Bonchev–Trinajstić information content (AvgIpc) is 2.28. The van der Waals surface area contributed by atoms with Gasteiger partial charge in [-0.25, -0.2) is 0 Å². The fourth-order valence-electron chi connectivity index (χ4n) is 1.20. The van der Waals surface area contributed by atoms with E-state index in [2.05, 4.69) is 5.32 Å². The van der Waals surface area contributed by atoms with Crippen molar-refractivity contribution in [1.29, 1.82) is 0 Å². The lowest BCUT2D eigenvalue weighted by atomic mass is 10.0. The second-order valence-corrected chi connectivity index (χ2v) is 4.21. The van der Waals surface area contributed by atoms with Gasteiger partial charge in [0.05, 0.1) is 6.04 Å². The SMILES string of the molecule is CC(C)[C@H](N)C(=O)NC(=O)c1ccc(N)cc1. The van der Waals surface area contributed by atoms with E-state index >= 15 is 0 Å². The first-order valence-corrected chi connectivity index (χ1v) is 5.38. The van der Waals surface area contributed by atoms with Crippen LogP contribution >= 0.6 is 0 Å². The van der Waals surface area contributed by atoms with Crippen molar-refractivity contribution in [3.05, 3.63) is 29.8 Å². The Kier molecular flexibility index (Phi) is 4.23. The Morgan fingerprint density at radius 3 is 2.18 bits per heavy atom. The number of anilines is 1. The molecule has 0 heterocycles. The summed E-state index contributed by atoms with van der Waals surface area (Å²) in [7, 11) is 0. The van der Waals surface area contributed by atoms with Crippen molar-refractivity contribution in [2.75, 3.05) is 5.73 Å². The predicted octanol–water partition coefficient (Wildman–Crippen LogP) is 0.508. The summed E-state index contributed by atoms with van der Waals surface area (Å²) >= 11 is 0. The van der Waals surface area contributed by atoms with Gasteiger partial charge in [-0.2, -0.15) is 0 Å². The topological polar surface area (TPSA) is 98.2 Å². The standard InChI is InChI=1S/C12H17N3O2/c1-7(2)10(14)12(17)15-11(16)8-3-5-9(13)6-4-8/h3-7,10H,13-14H2,1-2H3,(H,15,16,17)/t10-/m0/s1. The van der Waals surface area contributed by atoms with Crippen molar-refractivity contribution in [2.45, 2.75) is 19.9 Å². The normalized spacial score (nSPS) is 12.2. The summed E-state index contributed by atoms with van der Waals surface area (Å²) in [4.78, 5) is 23.2. The number of carbonyl (C=O) groups is 2. The smallest absolute Gasteiger partial charge is 0.257 e. The molecule has 2 amide bonds. The van der Waals surface area contributed by atoms with E-state index < -0.39 is 17.9 Å². The van der Waals surface area contributed by atoms with Gasteiger partial charge in [0.25, 0.3) is 5.91 Å². The number of hydrogen-bond donors (Lipinski definition) is 3. The summed E-state index contributed by atoms with van der Waals surface area (Å²) in [6, 6.07) is 5.62. The number of rotatable bonds is 3. The van der Waals surface area contributed by atoms with Gasteiger partial charge in [-0.1, -0.05) is 13.8 Å². The first-order chi connectivity index (χ1) is 7.91. The molecule has 5 N–H and O–H groups in total. The molecule has 0 unspecified atom stereocenters. The number of imide groups is 1. The highest BCUT2D eigenvalue weighted by atomic mass is 16.2. The van der Waals surface area contributed by atoms with E-state index in [1.54, 1.807) is 24.3 Å². The molecule has 0 aliphatic rings. The molecule has 1 aromatic rings. The number of hydrogen-bond acceptors (Lipinski definition) is 4. The first kappa shape index (κ1) is 13.2. The lowest BCUT2D eigenvalue weighted by molar-refractivity contribution is -0.122. The fourth-order valence-corrected chi connectivity index (χ4v) is 1.20. The molecule has 0 bridgehead atoms. The van der Waals surface area contributed by atoms with Gasteiger partial charge in [-0.3, -0.25) is 14.9 Å². The number of nitrogens with one attached hydrogen (secondary N) is 1. The average molecular weight is 235 g/mol. The molecule has 0 fully saturated rings. The third-order valence-corrected chi connectivity index (χ3v) is 2.43. The van der Waals surface area contributed by atoms with Gasteiger partial charge in [0.15, 0.2) is 0 Å². The molecule has 1 aromatic carbocycles. The van der Waals surface area contributed by atoms with Gasteiger partial charge < -0.3 is 11.5 Å². The molecule has 1 atom stereocenters. The van der Waals surface area contributed by atoms with Gasteiger partial charge in [0.1, 0.15) is 0 Å². The largest absolute Gasteiger partial charge is 0.399 e. The van der Waals surface area contributed by atoms with E-state index in [1.165, 1.54) is 0 Å². The molecule has 0 radical (unpaired) electrons. The van der Waals surface area contributed by atoms with Gasteiger partial charge in [-0.05, 0) is 30.2 Å². The van der Waals surface area contributed by atoms with E-state index in [0.717, 1.165) is 0 Å². The van der Waals surface area contributed by atoms with Crippen LogP contribution in [0.4, 0.5) is 5.69 Å². The summed E-state index contributed by atoms with van der Waals surface area (Å²) in [6.07, 6.45) is 0. The van der Waals surface area contributed by atoms with Crippen LogP contribution in [0.3, 0.4) is 0 Å². The number of nitrogens with two attached hydrogens (primary N) is 2. The van der Waals surface area contributed by atoms with Crippen molar-refractivity contribution in [3.63, 3.8) is 0 Å². The molecule has 0 spiro atoms. The molecule has 1 rings (SSSR count). The van der Waals surface area contributed by atoms with E-state index in [1.807, 2.05) is 13.8 Å². The van der Waals surface area contributed by atoms with Crippen molar-refractivity contribution in [1.82, 2.24) is 5.32 Å². The van der Waals surface area contributed by atoms with E-state index in [4.69, 9.17) is 11.5 Å². The fraction of sp³-hybridized carbons (Fsp3) is 0.333. The van der Waals surface area contributed by atoms with Crippen molar-refractivity contribution in [3.8, 4) is 0 Å². The maximum absolute atomic E-state index is 11.7. The van der Waals surface area contributed by atoms with Gasteiger partial charge in [0, 0.05) is 11.3 Å². The van der Waals surface area contributed by atoms with Crippen LogP contribution in [0.15, 0.2) is 24.3 Å². The third-order valence-electron chi connectivity index (χ3n) is 2.43. The Bertz CT molecular complexity index is 412. The Morgan fingerprint density at radius 2 is 1.71 bits per heavy atom. The number of amides is 2. The zero-order chi connectivity index (χ0) is 13.0. The molecule has 0 saturated carbocycles. The van der Waals surface area contributed by atoms with Crippen molar-refractivity contribution < 1.29 is 9.59 Å². The van der Waals surface area contributed by atoms with Crippen LogP contribution in [0.2, 0.25) is 0 Å². The van der Waals surface area contributed by atoms with Crippen LogP contribution in [0, 0.1) is 5.92 Å². The van der Waals surface area contributed by atoms with Crippen LogP contribution in [0.5, 0.6) is 0 Å². The highest BCUT2D eigenvalue weighted by Crippen LogP contribution is 2.05. The minimum Gasteiger partial charge on any atom is -0.399 e. The molecule has 0 aliphatic carbocycles. The Labute approximate surface area is 100 Å². The molecule has 0 aromatic heterocycles. The molecular weight excluding hydrogens is 218 g/mol. The highest BCUT2D eigenvalue weighted by molar-refractivity contribution is 6.06. The van der Waals surface area contributed by atoms with E-state index in [-0.39, 0.29) is 5.92 Å². The van der Waals surface area contributed by atoms with Crippen molar-refractivity contribution >= 4 is 17.5 Å². The maximum atomic E-state index is 11.7. The van der Waals surface area contributed by atoms with Crippen LogP contribution in [0.25, 0.3) is 0 Å². The predicted molar refractivity (Wildman–Crippen MR) is 66.1 cm³/mol. The lowest BCUT2D eigenvalue weighted by Crippen LogP contribution is -2.46. The monoisotopic (exact) mass is 235 g/mol. The highest BCUT2D eigenvalue weighted by Gasteiger charge is 2.19. The summed E-state index contributed by atoms with van der Waals surface area (Å²) in [5.74, 6) is -0.956. The first-order valence-electron chi connectivity index (χ1n) is 5.38. The summed E-state index contributed by atoms with van der Waals surface area (Å²) < 4.78 is 0. The summed E-state index contributed by atoms with van der Waals surface area (Å²) in [6.45, 7) is 3.63. The molecule has 92 valence electrons. The van der Waals surface area contributed by atoms with Gasteiger partial charge in [-0.15, -0.1) is 0 Å². The molecule has 0 aliphatic heterocycles. The lowest BCUT2D eigenvalue weighted by Gasteiger charge is -2.14. The van der Waals surface area contributed by atoms with Crippen LogP contribution < -0.4 is 16.8 Å². The zero-order valence-electron chi connectivity index (χ0n) is 9.94. The van der Waals surface area contributed by atoms with E-state index in [9.17, 15) is 9.59 Å². The minimum absolute atomic E-state index is 0.0192. The van der Waals surface area contributed by atoms with E-state index in [0.29, 0.717) is 11.3 Å². The zero-order valence-corrected chi connectivity index (χ0v) is 9.94. The Balaban J connectivity index is 2.67. The van der Waals surface area contributed by atoms with Crippen LogP contribution in [0.1, 0.15) is 24.2 Å². The van der Waals surface area contributed by atoms with Gasteiger partial charge >= 0.3 is 0 Å². The summed E-state index contributed by atoms with van der Waals surface area (Å²) in [5, 5.41) is 2.25. The molecule has 5 heteroatoms. The molecule has 0 saturated heterocycles. The second kappa shape index (κ2) is 5.45. The minimum atomic E-state index is -0.687. The maximum Gasteiger partial charge on any atom is 0.257 e. The molecule has 5 nitrogen and oxygen atoms in total. The van der Waals surface area contributed by atoms with Crippen molar-refractivity contribution in [2.24, 2.45) is 11.7 Å². The number of nitrogen functional groups attached to an aromatic ring is 1. The van der Waals surface area contributed by atoms with Crippen LogP contribution in [-0.4, -0.2) is 17.9 Å².